The Balaban J connectivity index is 2.37. The first-order valence-corrected chi connectivity index (χ1v) is 6.43. The lowest BCUT2D eigenvalue weighted by atomic mass is 10.0. The van der Waals surface area contributed by atoms with Gasteiger partial charge in [-0.1, -0.05) is 26.0 Å². The van der Waals surface area contributed by atoms with Gasteiger partial charge in [0.05, 0.1) is 12.7 Å². The molecule has 2 N–H and O–H groups in total. The van der Waals surface area contributed by atoms with Crippen LogP contribution in [0.25, 0.3) is 0 Å². The Morgan fingerprint density at radius 2 is 2.31 bits per heavy atom. The highest BCUT2D eigenvalue weighted by molar-refractivity contribution is 4.98. The minimum absolute atomic E-state index is 0.104. The molecule has 0 bridgehead atoms. The van der Waals surface area contributed by atoms with Crippen LogP contribution in [0.1, 0.15) is 33.1 Å². The predicted octanol–water partition coefficient (Wildman–Crippen LogP) is 1.78. The van der Waals surface area contributed by atoms with Crippen molar-refractivity contribution in [3.63, 3.8) is 0 Å². The van der Waals surface area contributed by atoms with Gasteiger partial charge in [-0.25, -0.2) is 0 Å². The van der Waals surface area contributed by atoms with Crippen LogP contribution in [-0.4, -0.2) is 43.3 Å². The van der Waals surface area contributed by atoms with Crippen LogP contribution in [0.4, 0.5) is 0 Å². The molecule has 0 amide bonds. The van der Waals surface area contributed by atoms with Crippen molar-refractivity contribution in [2.24, 2.45) is 5.73 Å². The molecule has 0 aromatic carbocycles. The molecule has 0 aromatic rings. The molecule has 0 spiro atoms. The molecule has 0 aliphatic carbocycles. The zero-order chi connectivity index (χ0) is 12.0. The Morgan fingerprint density at radius 1 is 1.56 bits per heavy atom. The van der Waals surface area contributed by atoms with Crippen molar-refractivity contribution in [1.29, 1.82) is 0 Å². The van der Waals surface area contributed by atoms with Gasteiger partial charge in [0.1, 0.15) is 0 Å². The first kappa shape index (κ1) is 13.7. The highest BCUT2D eigenvalue weighted by Crippen LogP contribution is 2.14. The summed E-state index contributed by atoms with van der Waals surface area (Å²) in [5.74, 6) is 0. The highest BCUT2D eigenvalue weighted by Gasteiger charge is 2.25. The van der Waals surface area contributed by atoms with Crippen LogP contribution in [-0.2, 0) is 4.74 Å². The van der Waals surface area contributed by atoms with Crippen molar-refractivity contribution >= 4 is 0 Å². The molecule has 0 radical (unpaired) electrons. The fraction of sp³-hybridized carbons (Fsp3) is 0.846. The lowest BCUT2D eigenvalue weighted by Gasteiger charge is -2.35. The molecule has 1 aliphatic rings. The molecular weight excluding hydrogens is 200 g/mol. The van der Waals surface area contributed by atoms with E-state index in [2.05, 4.69) is 25.3 Å². The van der Waals surface area contributed by atoms with E-state index in [-0.39, 0.29) is 12.1 Å². The molecule has 2 unspecified atom stereocenters. The van der Waals surface area contributed by atoms with Gasteiger partial charge in [0.15, 0.2) is 0 Å². The normalized spacial score (nSPS) is 24.3. The van der Waals surface area contributed by atoms with Crippen LogP contribution in [0.3, 0.4) is 0 Å². The number of morpholine rings is 1. The van der Waals surface area contributed by atoms with E-state index in [4.69, 9.17) is 10.5 Å². The Labute approximate surface area is 99.6 Å². The third-order valence-electron chi connectivity index (χ3n) is 3.22. The maximum atomic E-state index is 6.17. The number of ether oxygens (including phenoxy) is 1. The van der Waals surface area contributed by atoms with E-state index < -0.39 is 0 Å². The zero-order valence-corrected chi connectivity index (χ0v) is 10.7. The second-order valence-electron chi connectivity index (χ2n) is 4.68. The zero-order valence-electron chi connectivity index (χ0n) is 10.7. The summed E-state index contributed by atoms with van der Waals surface area (Å²) in [7, 11) is 0. The van der Waals surface area contributed by atoms with Crippen molar-refractivity contribution in [3.05, 3.63) is 12.2 Å². The van der Waals surface area contributed by atoms with Gasteiger partial charge in [-0.15, -0.1) is 0 Å². The van der Waals surface area contributed by atoms with Crippen molar-refractivity contribution < 1.29 is 4.74 Å². The summed E-state index contributed by atoms with van der Waals surface area (Å²) < 4.78 is 5.75. The van der Waals surface area contributed by atoms with Gasteiger partial charge in [-0.3, -0.25) is 4.90 Å². The Hall–Kier alpha value is -0.380. The number of rotatable bonds is 6. The summed E-state index contributed by atoms with van der Waals surface area (Å²) in [4.78, 5) is 2.45. The summed E-state index contributed by atoms with van der Waals surface area (Å²) in [6.07, 6.45) is 3.28. The van der Waals surface area contributed by atoms with Crippen molar-refractivity contribution in [1.82, 2.24) is 4.90 Å². The van der Waals surface area contributed by atoms with E-state index in [9.17, 15) is 0 Å². The van der Waals surface area contributed by atoms with Gasteiger partial charge in [-0.2, -0.15) is 0 Å². The molecule has 1 aliphatic heterocycles. The smallest absolute Gasteiger partial charge is 0.0856 e. The van der Waals surface area contributed by atoms with Gasteiger partial charge in [0.25, 0.3) is 0 Å². The third-order valence-corrected chi connectivity index (χ3v) is 3.22. The third kappa shape index (κ3) is 4.24. The maximum Gasteiger partial charge on any atom is 0.0856 e. The molecule has 1 heterocycles. The van der Waals surface area contributed by atoms with E-state index in [1.54, 1.807) is 0 Å². The molecule has 0 aromatic heterocycles. The van der Waals surface area contributed by atoms with Crippen LogP contribution in [0.15, 0.2) is 12.2 Å². The predicted molar refractivity (Wildman–Crippen MR) is 68.5 cm³/mol. The molecule has 1 fully saturated rings. The Kier molecular flexibility index (Phi) is 6.03. The highest BCUT2D eigenvalue weighted by atomic mass is 16.5. The summed E-state index contributed by atoms with van der Waals surface area (Å²) in [5, 5.41) is 0. The van der Waals surface area contributed by atoms with E-state index in [1.807, 2.05) is 0 Å². The molecule has 94 valence electrons. The molecule has 3 nitrogen and oxygen atoms in total. The topological polar surface area (TPSA) is 38.5 Å². The minimum atomic E-state index is 0.104. The van der Waals surface area contributed by atoms with E-state index in [0.29, 0.717) is 0 Å². The SMILES string of the molecule is C=C(CC)CC(N)C1CN(CCC)CCO1. The van der Waals surface area contributed by atoms with Gasteiger partial charge in [0.2, 0.25) is 0 Å². The summed E-state index contributed by atoms with van der Waals surface area (Å²) in [6.45, 7) is 12.3. The molecule has 3 heteroatoms. The second-order valence-corrected chi connectivity index (χ2v) is 4.68. The number of hydrogen-bond donors (Lipinski definition) is 1. The summed E-state index contributed by atoms with van der Waals surface area (Å²) >= 11 is 0. The van der Waals surface area contributed by atoms with E-state index in [1.165, 1.54) is 12.0 Å². The molecule has 1 rings (SSSR count). The largest absolute Gasteiger partial charge is 0.374 e. The fourth-order valence-corrected chi connectivity index (χ4v) is 2.12. The van der Waals surface area contributed by atoms with Crippen molar-refractivity contribution in [2.45, 2.75) is 45.3 Å². The van der Waals surface area contributed by atoms with Gasteiger partial charge in [-0.05, 0) is 25.8 Å². The van der Waals surface area contributed by atoms with Crippen LogP contribution in [0.2, 0.25) is 0 Å². The van der Waals surface area contributed by atoms with Crippen LogP contribution in [0.5, 0.6) is 0 Å². The van der Waals surface area contributed by atoms with Gasteiger partial charge < -0.3 is 10.5 Å². The number of hydrogen-bond acceptors (Lipinski definition) is 3. The minimum Gasteiger partial charge on any atom is -0.374 e. The Morgan fingerprint density at radius 3 is 2.94 bits per heavy atom. The van der Waals surface area contributed by atoms with Crippen molar-refractivity contribution in [3.8, 4) is 0 Å². The van der Waals surface area contributed by atoms with Crippen molar-refractivity contribution in [2.75, 3.05) is 26.2 Å². The first-order valence-electron chi connectivity index (χ1n) is 6.43. The standard InChI is InChI=1S/C13H26N2O/c1-4-6-15-7-8-16-13(10-15)12(14)9-11(3)5-2/h12-13H,3-10,14H2,1-2H3. The monoisotopic (exact) mass is 226 g/mol. The summed E-state index contributed by atoms with van der Waals surface area (Å²) in [5.41, 5.74) is 7.40. The molecule has 0 saturated carbocycles. The lowest BCUT2D eigenvalue weighted by molar-refractivity contribution is -0.0401. The average molecular weight is 226 g/mol. The molecule has 2 atom stereocenters. The van der Waals surface area contributed by atoms with E-state index >= 15 is 0 Å². The second kappa shape index (κ2) is 7.05. The fourth-order valence-electron chi connectivity index (χ4n) is 2.12. The van der Waals surface area contributed by atoms with Crippen LogP contribution < -0.4 is 5.73 Å². The summed E-state index contributed by atoms with van der Waals surface area (Å²) in [6, 6.07) is 0.104. The number of nitrogens with two attached hydrogens (primary N) is 1. The average Bonchev–Trinajstić information content (AvgIpc) is 2.29. The molecular formula is C13H26N2O. The molecule has 16 heavy (non-hydrogen) atoms. The maximum absolute atomic E-state index is 6.17. The van der Waals surface area contributed by atoms with Gasteiger partial charge in [0, 0.05) is 19.1 Å². The number of nitrogens with zero attached hydrogens (tertiary/aromatic N) is 1. The van der Waals surface area contributed by atoms with Crippen LogP contribution in [0, 0.1) is 0 Å². The Bertz CT molecular complexity index is 216. The van der Waals surface area contributed by atoms with Gasteiger partial charge >= 0.3 is 0 Å². The van der Waals surface area contributed by atoms with E-state index in [0.717, 1.165) is 39.1 Å². The van der Waals surface area contributed by atoms with Crippen LogP contribution >= 0.6 is 0 Å². The molecule has 1 saturated heterocycles. The quantitative estimate of drug-likeness (QED) is 0.702. The first-order chi connectivity index (χ1) is 7.67. The lowest BCUT2D eigenvalue weighted by Crippen LogP contribution is -2.50.